The van der Waals surface area contributed by atoms with Gasteiger partial charge in [0.15, 0.2) is 0 Å². The van der Waals surface area contributed by atoms with E-state index in [4.69, 9.17) is 5.11 Å². The molecule has 14 heavy (non-hydrogen) atoms. The van der Waals surface area contributed by atoms with E-state index in [1.807, 2.05) is 24.3 Å². The van der Waals surface area contributed by atoms with Crippen molar-refractivity contribution in [3.05, 3.63) is 35.4 Å². The first-order chi connectivity index (χ1) is 6.58. The zero-order chi connectivity index (χ0) is 10.6. The SMILES string of the molecule is CC(C)C[13c]1[13cH][13cH][13c](CC(=O)O)[13cH][13cH]1. The van der Waals surface area contributed by atoms with Gasteiger partial charge in [-0.3, -0.25) is 4.79 Å². The fraction of sp³-hybridized carbons (Fsp3) is 0.417. The van der Waals surface area contributed by atoms with Gasteiger partial charge in [-0.15, -0.1) is 0 Å². The Kier molecular flexibility index (Phi) is 3.69. The van der Waals surface area contributed by atoms with Gasteiger partial charge in [0.05, 0.1) is 6.42 Å². The van der Waals surface area contributed by atoms with Gasteiger partial charge in [0.1, 0.15) is 0 Å². The summed E-state index contributed by atoms with van der Waals surface area (Å²) in [4.78, 5) is 10.4. The topological polar surface area (TPSA) is 37.3 Å². The van der Waals surface area contributed by atoms with E-state index in [2.05, 4.69) is 13.8 Å². The average Bonchev–Trinajstić information content (AvgIpc) is 2.06. The van der Waals surface area contributed by atoms with Gasteiger partial charge < -0.3 is 5.11 Å². The summed E-state index contributed by atoms with van der Waals surface area (Å²) in [5.74, 6) is -0.137. The van der Waals surface area contributed by atoms with E-state index in [1.165, 1.54) is 5.56 Å². The summed E-state index contributed by atoms with van der Waals surface area (Å²) in [6, 6.07) is 7.81. The van der Waals surface area contributed by atoms with Crippen LogP contribution in [0.2, 0.25) is 0 Å². The largest absolute Gasteiger partial charge is 0.481 e. The molecule has 1 aromatic rings. The number of carbonyl (C=O) groups is 1. The Morgan fingerprint density at radius 3 is 2.14 bits per heavy atom. The van der Waals surface area contributed by atoms with Gasteiger partial charge in [-0.1, -0.05) is 38.1 Å². The standard InChI is InChI=1S/C12H16O2/c1-9(2)7-10-3-5-11(6-4-10)8-12(13)14/h3-6,9H,7-8H2,1-2H3,(H,13,14)/i3+1,4+1,5+1,6+1,10+1,11+1. The number of benzene rings is 1. The van der Waals surface area contributed by atoms with Crippen LogP contribution in [0.25, 0.3) is 0 Å². The van der Waals surface area contributed by atoms with Crippen LogP contribution in [-0.4, -0.2) is 11.1 Å². The molecule has 0 aliphatic heterocycles. The van der Waals surface area contributed by atoms with E-state index >= 15 is 0 Å². The van der Waals surface area contributed by atoms with Crippen molar-refractivity contribution in [1.82, 2.24) is 0 Å². The van der Waals surface area contributed by atoms with Gasteiger partial charge in [-0.05, 0) is 23.5 Å². The van der Waals surface area contributed by atoms with Crippen LogP contribution in [0.1, 0.15) is 25.0 Å². The average molecular weight is 198 g/mol. The van der Waals surface area contributed by atoms with E-state index in [1.54, 1.807) is 0 Å². The smallest absolute Gasteiger partial charge is 0.307 e. The summed E-state index contributed by atoms with van der Waals surface area (Å²) in [6.07, 6.45) is 1.16. The predicted molar refractivity (Wildman–Crippen MR) is 56.3 cm³/mol. The highest BCUT2D eigenvalue weighted by Crippen LogP contribution is 2.10. The number of hydrogen-bond acceptors (Lipinski definition) is 1. The third-order valence-electron chi connectivity index (χ3n) is 2.02. The van der Waals surface area contributed by atoms with Gasteiger partial charge >= 0.3 is 5.97 Å². The quantitative estimate of drug-likeness (QED) is 0.807. The van der Waals surface area contributed by atoms with Gasteiger partial charge in [0.25, 0.3) is 0 Å². The molecule has 0 aliphatic rings. The molecule has 0 aliphatic carbocycles. The molecule has 2 nitrogen and oxygen atoms in total. The van der Waals surface area contributed by atoms with Gasteiger partial charge in [-0.2, -0.15) is 0 Å². The van der Waals surface area contributed by atoms with Gasteiger partial charge in [-0.25, -0.2) is 0 Å². The third kappa shape index (κ3) is 3.60. The lowest BCUT2D eigenvalue weighted by atomic mass is 10.2. The minimum absolute atomic E-state index is 0.113. The molecular formula is C12H16O2. The number of aliphatic carboxylic acids is 1. The highest BCUT2D eigenvalue weighted by Gasteiger charge is 2.01. The molecule has 0 spiro atoms. The molecule has 1 N–H and O–H groups in total. The van der Waals surface area contributed by atoms with Crippen LogP contribution in [0.3, 0.4) is 0 Å². The molecule has 0 unspecified atom stereocenters. The molecule has 0 atom stereocenters. The first kappa shape index (κ1) is 10.8. The lowest BCUT2D eigenvalue weighted by Gasteiger charge is -2.05. The van der Waals surface area contributed by atoms with Gasteiger partial charge in [0.2, 0.25) is 0 Å². The van der Waals surface area contributed by atoms with Crippen molar-refractivity contribution in [3.63, 3.8) is 0 Å². The zero-order valence-electron chi connectivity index (χ0n) is 8.66. The first-order valence-electron chi connectivity index (χ1n) is 4.87. The van der Waals surface area contributed by atoms with Crippen molar-refractivity contribution in [2.75, 3.05) is 0 Å². The van der Waals surface area contributed by atoms with Crippen molar-refractivity contribution < 1.29 is 9.90 Å². The Balaban J connectivity index is 2.63. The minimum Gasteiger partial charge on any atom is -0.481 e. The summed E-state index contributed by atoms with van der Waals surface area (Å²) in [7, 11) is 0. The van der Waals surface area contributed by atoms with Crippen LogP contribution < -0.4 is 0 Å². The molecular weight excluding hydrogens is 182 g/mol. The monoisotopic (exact) mass is 198 g/mol. The van der Waals surface area contributed by atoms with Crippen LogP contribution in [0.15, 0.2) is 24.3 Å². The Bertz CT molecular complexity index is 299. The lowest BCUT2D eigenvalue weighted by molar-refractivity contribution is -0.136. The third-order valence-corrected chi connectivity index (χ3v) is 2.02. The number of carboxylic acid groups (broad SMARTS) is 1. The summed E-state index contributed by atoms with van der Waals surface area (Å²) in [5.41, 5.74) is 2.14. The number of rotatable bonds is 4. The van der Waals surface area contributed by atoms with E-state index in [0.717, 1.165) is 12.0 Å². The second kappa shape index (κ2) is 4.80. The van der Waals surface area contributed by atoms with Crippen LogP contribution in [-0.2, 0) is 17.6 Å². The van der Waals surface area contributed by atoms with Crippen LogP contribution in [0, 0.1) is 5.92 Å². The van der Waals surface area contributed by atoms with Crippen molar-refractivity contribution in [2.24, 2.45) is 5.92 Å². The molecule has 2 heteroatoms. The van der Waals surface area contributed by atoms with E-state index in [-0.39, 0.29) is 6.42 Å². The summed E-state index contributed by atoms with van der Waals surface area (Å²) < 4.78 is 0. The zero-order valence-corrected chi connectivity index (χ0v) is 8.66. The molecule has 1 rings (SSSR count). The van der Waals surface area contributed by atoms with Crippen LogP contribution in [0.4, 0.5) is 0 Å². The Morgan fingerprint density at radius 2 is 1.71 bits per heavy atom. The van der Waals surface area contributed by atoms with Gasteiger partial charge in [0, 0.05) is 0 Å². The lowest BCUT2D eigenvalue weighted by Crippen LogP contribution is -2.00. The second-order valence-electron chi connectivity index (χ2n) is 3.98. The van der Waals surface area contributed by atoms with Crippen molar-refractivity contribution in [3.8, 4) is 0 Å². The molecule has 0 bridgehead atoms. The molecule has 0 radical (unpaired) electrons. The van der Waals surface area contributed by atoms with Crippen molar-refractivity contribution >= 4 is 5.97 Å². The molecule has 0 fully saturated rings. The molecule has 0 aromatic heterocycles. The number of carboxylic acids is 1. The molecule has 1 aromatic carbocycles. The van der Waals surface area contributed by atoms with E-state index in [0.29, 0.717) is 5.92 Å². The summed E-state index contributed by atoms with van der Waals surface area (Å²) in [5, 5.41) is 8.58. The van der Waals surface area contributed by atoms with Crippen LogP contribution >= 0.6 is 0 Å². The maximum absolute atomic E-state index is 10.4. The Hall–Kier alpha value is -1.31. The van der Waals surface area contributed by atoms with Crippen molar-refractivity contribution in [2.45, 2.75) is 26.7 Å². The molecule has 0 saturated carbocycles. The predicted octanol–water partition coefficient (Wildman–Crippen LogP) is 2.51. The fourth-order valence-electron chi connectivity index (χ4n) is 1.44. The van der Waals surface area contributed by atoms with E-state index in [9.17, 15) is 4.79 Å². The van der Waals surface area contributed by atoms with Crippen LogP contribution in [0.5, 0.6) is 0 Å². The Labute approximate surface area is 84.6 Å². The summed E-state index contributed by atoms with van der Waals surface area (Å²) in [6.45, 7) is 4.34. The molecule has 0 heterocycles. The minimum atomic E-state index is -0.776. The normalized spacial score (nSPS) is 10.5. The van der Waals surface area contributed by atoms with E-state index < -0.39 is 5.97 Å². The Morgan fingerprint density at radius 1 is 1.21 bits per heavy atom. The fourth-order valence-corrected chi connectivity index (χ4v) is 1.44. The maximum Gasteiger partial charge on any atom is 0.307 e. The molecule has 0 amide bonds. The maximum atomic E-state index is 10.4. The highest BCUT2D eigenvalue weighted by atomic mass is 16.4. The summed E-state index contributed by atoms with van der Waals surface area (Å²) >= 11 is 0. The molecule has 0 saturated heterocycles. The number of hydrogen-bond donors (Lipinski definition) is 1. The first-order valence-corrected chi connectivity index (χ1v) is 4.87. The highest BCUT2D eigenvalue weighted by molar-refractivity contribution is 5.70. The van der Waals surface area contributed by atoms with Crippen molar-refractivity contribution in [1.29, 1.82) is 0 Å². The second-order valence-corrected chi connectivity index (χ2v) is 3.98. The molecule has 76 valence electrons.